The van der Waals surface area contributed by atoms with E-state index in [0.29, 0.717) is 12.0 Å². The first-order valence-corrected chi connectivity index (χ1v) is 9.65. The van der Waals surface area contributed by atoms with Crippen LogP contribution in [0.2, 0.25) is 0 Å². The van der Waals surface area contributed by atoms with Gasteiger partial charge in [0.25, 0.3) is 0 Å². The van der Waals surface area contributed by atoms with E-state index in [2.05, 4.69) is 23.3 Å². The lowest BCUT2D eigenvalue weighted by Gasteiger charge is -2.30. The van der Waals surface area contributed by atoms with Gasteiger partial charge in [-0.15, -0.1) is 11.3 Å². The molecule has 0 aliphatic heterocycles. The molecule has 3 nitrogen and oxygen atoms in total. The number of nitrogens with zero attached hydrogens (tertiary/aromatic N) is 1. The van der Waals surface area contributed by atoms with Crippen molar-refractivity contribution in [2.75, 3.05) is 0 Å². The van der Waals surface area contributed by atoms with E-state index in [-0.39, 0.29) is 11.2 Å². The fourth-order valence-corrected chi connectivity index (χ4v) is 5.16. The van der Waals surface area contributed by atoms with Crippen LogP contribution in [0.3, 0.4) is 0 Å². The van der Waals surface area contributed by atoms with Crippen LogP contribution < -0.4 is 5.32 Å². The van der Waals surface area contributed by atoms with Gasteiger partial charge in [0.2, 0.25) is 5.91 Å². The monoisotopic (exact) mass is 334 g/mol. The maximum Gasteiger partial charge on any atom is 0.233 e. The van der Waals surface area contributed by atoms with E-state index in [1.54, 1.807) is 23.1 Å². The molecule has 118 valence electrons. The number of carbonyl (C=O) groups excluding carboxylic acids is 1. The standard InChI is InChI=1S/C17H22N2OS2/c1-11-7-3-4-8-13(11)18-16(20)12(2)21-17-19-14-9-5-6-10-15(14)22-17/h5-6,9-13H,3-4,7-8H2,1-2H3,(H,18,20)/t11-,12-,13+/m1/s1. The third kappa shape index (κ3) is 3.63. The Morgan fingerprint density at radius 3 is 2.91 bits per heavy atom. The zero-order chi connectivity index (χ0) is 15.5. The van der Waals surface area contributed by atoms with Crippen LogP contribution in [-0.4, -0.2) is 22.2 Å². The lowest BCUT2D eigenvalue weighted by atomic mass is 9.86. The van der Waals surface area contributed by atoms with E-state index < -0.39 is 0 Å². The van der Waals surface area contributed by atoms with Crippen LogP contribution in [0.25, 0.3) is 10.2 Å². The number of thioether (sulfide) groups is 1. The molecule has 0 bridgehead atoms. The Balaban J connectivity index is 1.60. The Labute approximate surface area is 139 Å². The van der Waals surface area contributed by atoms with Gasteiger partial charge in [0.05, 0.1) is 15.5 Å². The highest BCUT2D eigenvalue weighted by molar-refractivity contribution is 8.02. The molecule has 0 saturated heterocycles. The number of fused-ring (bicyclic) bond motifs is 1. The summed E-state index contributed by atoms with van der Waals surface area (Å²) in [6.07, 6.45) is 4.87. The number of amides is 1. The van der Waals surface area contributed by atoms with Gasteiger partial charge in [-0.3, -0.25) is 4.79 Å². The molecule has 0 spiro atoms. The topological polar surface area (TPSA) is 42.0 Å². The predicted molar refractivity (Wildman–Crippen MR) is 94.5 cm³/mol. The summed E-state index contributed by atoms with van der Waals surface area (Å²) in [5.74, 6) is 0.736. The molecule has 22 heavy (non-hydrogen) atoms. The summed E-state index contributed by atoms with van der Waals surface area (Å²) in [7, 11) is 0. The Bertz CT molecular complexity index is 622. The first-order valence-electron chi connectivity index (χ1n) is 7.96. The van der Waals surface area contributed by atoms with Crippen LogP contribution in [0.15, 0.2) is 28.6 Å². The van der Waals surface area contributed by atoms with Gasteiger partial charge in [-0.05, 0) is 37.8 Å². The van der Waals surface area contributed by atoms with Crippen molar-refractivity contribution in [3.63, 3.8) is 0 Å². The third-order valence-electron chi connectivity index (χ3n) is 4.36. The molecule has 1 aromatic carbocycles. The second-order valence-corrected chi connectivity index (χ2v) is 8.70. The molecule has 1 heterocycles. The first-order chi connectivity index (χ1) is 10.6. The molecule has 0 unspecified atom stereocenters. The van der Waals surface area contributed by atoms with Crippen LogP contribution in [0.5, 0.6) is 0 Å². The summed E-state index contributed by atoms with van der Waals surface area (Å²) in [5, 5.41) is 3.14. The third-order valence-corrected chi connectivity index (χ3v) is 6.59. The largest absolute Gasteiger partial charge is 0.352 e. The average molecular weight is 335 g/mol. The van der Waals surface area contributed by atoms with Crippen LogP contribution in [-0.2, 0) is 4.79 Å². The summed E-state index contributed by atoms with van der Waals surface area (Å²) in [6.45, 7) is 4.22. The lowest BCUT2D eigenvalue weighted by molar-refractivity contribution is -0.121. The molecular weight excluding hydrogens is 312 g/mol. The Hall–Kier alpha value is -1.07. The van der Waals surface area contributed by atoms with Crippen molar-refractivity contribution in [1.29, 1.82) is 0 Å². The summed E-state index contributed by atoms with van der Waals surface area (Å²) in [6, 6.07) is 8.46. The molecule has 1 saturated carbocycles. The molecule has 1 aliphatic rings. The van der Waals surface area contributed by atoms with Gasteiger partial charge in [0.15, 0.2) is 4.34 Å². The average Bonchev–Trinajstić information content (AvgIpc) is 2.91. The quantitative estimate of drug-likeness (QED) is 0.839. The SMILES string of the molecule is C[C@@H]1CCCC[C@@H]1NC(=O)[C@@H](C)Sc1nc2ccccc2s1. The van der Waals surface area contributed by atoms with Crippen molar-refractivity contribution in [3.8, 4) is 0 Å². The number of carbonyl (C=O) groups is 1. The number of rotatable bonds is 4. The molecule has 1 N–H and O–H groups in total. The van der Waals surface area contributed by atoms with E-state index >= 15 is 0 Å². The normalized spacial score (nSPS) is 23.4. The van der Waals surface area contributed by atoms with E-state index in [1.807, 2.05) is 25.1 Å². The first kappa shape index (κ1) is 15.8. The molecule has 3 rings (SSSR count). The molecule has 1 fully saturated rings. The van der Waals surface area contributed by atoms with Gasteiger partial charge in [-0.25, -0.2) is 4.98 Å². The second kappa shape index (κ2) is 7.01. The number of thiazole rings is 1. The molecule has 2 aromatic rings. The van der Waals surface area contributed by atoms with Crippen molar-refractivity contribution in [3.05, 3.63) is 24.3 Å². The number of nitrogens with one attached hydrogen (secondary N) is 1. The molecular formula is C17H22N2OS2. The Kier molecular flexibility index (Phi) is 5.03. The molecule has 5 heteroatoms. The van der Waals surface area contributed by atoms with Gasteiger partial charge < -0.3 is 5.32 Å². The van der Waals surface area contributed by atoms with Gasteiger partial charge in [-0.1, -0.05) is 43.7 Å². The molecule has 1 aliphatic carbocycles. The predicted octanol–water partition coefficient (Wildman–Crippen LogP) is 4.47. The zero-order valence-corrected chi connectivity index (χ0v) is 14.7. The molecule has 3 atom stereocenters. The molecule has 1 aromatic heterocycles. The van der Waals surface area contributed by atoms with Crippen LogP contribution in [0.1, 0.15) is 39.5 Å². The summed E-state index contributed by atoms with van der Waals surface area (Å²) >= 11 is 3.22. The minimum atomic E-state index is -0.102. The van der Waals surface area contributed by atoms with E-state index in [4.69, 9.17) is 0 Å². The van der Waals surface area contributed by atoms with Crippen LogP contribution >= 0.6 is 23.1 Å². The van der Waals surface area contributed by atoms with Gasteiger partial charge in [0, 0.05) is 6.04 Å². The summed E-state index contributed by atoms with van der Waals surface area (Å²) in [4.78, 5) is 17.0. The Morgan fingerprint density at radius 1 is 1.36 bits per heavy atom. The van der Waals surface area contributed by atoms with Gasteiger partial charge >= 0.3 is 0 Å². The van der Waals surface area contributed by atoms with Gasteiger partial charge in [0.1, 0.15) is 0 Å². The highest BCUT2D eigenvalue weighted by atomic mass is 32.2. The van der Waals surface area contributed by atoms with Crippen molar-refractivity contribution >= 4 is 39.2 Å². The molecule has 0 radical (unpaired) electrons. The Morgan fingerprint density at radius 2 is 2.14 bits per heavy atom. The fraction of sp³-hybridized carbons (Fsp3) is 0.529. The lowest BCUT2D eigenvalue weighted by Crippen LogP contribution is -2.44. The number of hydrogen-bond donors (Lipinski definition) is 1. The number of aromatic nitrogens is 1. The smallest absolute Gasteiger partial charge is 0.233 e. The van der Waals surface area contributed by atoms with Crippen LogP contribution in [0, 0.1) is 5.92 Å². The highest BCUT2D eigenvalue weighted by Crippen LogP contribution is 2.32. The van der Waals surface area contributed by atoms with Crippen molar-refractivity contribution in [2.24, 2.45) is 5.92 Å². The van der Waals surface area contributed by atoms with Crippen molar-refractivity contribution < 1.29 is 4.79 Å². The summed E-state index contributed by atoms with van der Waals surface area (Å²) in [5.41, 5.74) is 1.02. The summed E-state index contributed by atoms with van der Waals surface area (Å²) < 4.78 is 2.15. The minimum Gasteiger partial charge on any atom is -0.352 e. The van der Waals surface area contributed by atoms with Gasteiger partial charge in [-0.2, -0.15) is 0 Å². The van der Waals surface area contributed by atoms with E-state index in [1.165, 1.54) is 24.0 Å². The number of benzene rings is 1. The van der Waals surface area contributed by atoms with E-state index in [9.17, 15) is 4.79 Å². The minimum absolute atomic E-state index is 0.102. The highest BCUT2D eigenvalue weighted by Gasteiger charge is 2.25. The zero-order valence-electron chi connectivity index (χ0n) is 13.0. The second-order valence-electron chi connectivity index (χ2n) is 6.08. The van der Waals surface area contributed by atoms with Crippen molar-refractivity contribution in [1.82, 2.24) is 10.3 Å². The number of para-hydroxylation sites is 1. The van der Waals surface area contributed by atoms with Crippen LogP contribution in [0.4, 0.5) is 0 Å². The van der Waals surface area contributed by atoms with E-state index in [0.717, 1.165) is 16.3 Å². The van der Waals surface area contributed by atoms with Crippen molar-refractivity contribution in [2.45, 2.75) is 55.2 Å². The molecule has 1 amide bonds. The maximum atomic E-state index is 12.4. The number of hydrogen-bond acceptors (Lipinski definition) is 4. The fourth-order valence-electron chi connectivity index (χ4n) is 2.94. The maximum absolute atomic E-state index is 12.4.